The number of carbonyl (C=O) groups is 1. The summed E-state index contributed by atoms with van der Waals surface area (Å²) in [6.07, 6.45) is 13.7. The Morgan fingerprint density at radius 2 is 1.84 bits per heavy atom. The van der Waals surface area contributed by atoms with Crippen LogP contribution in [0.2, 0.25) is 0 Å². The van der Waals surface area contributed by atoms with Gasteiger partial charge >= 0.3 is 5.97 Å². The topological polar surface area (TPSA) is 121 Å². The summed E-state index contributed by atoms with van der Waals surface area (Å²) in [5.41, 5.74) is 0.0133. The van der Waals surface area contributed by atoms with Gasteiger partial charge in [0.2, 0.25) is 0 Å². The Morgan fingerprint density at radius 1 is 1.07 bits per heavy atom. The predicted molar refractivity (Wildman–Crippen MR) is 207 cm³/mol. The second-order valence-corrected chi connectivity index (χ2v) is 19.9. The minimum absolute atomic E-state index is 0.201. The minimum Gasteiger partial charge on any atom is -0.481 e. The van der Waals surface area contributed by atoms with E-state index in [0.29, 0.717) is 56.3 Å². The maximum Gasteiger partial charge on any atom is 0.307 e. The number of likely N-dealkylation sites (N-methyl/N-ethyl adjacent to an activating group) is 1. The Balaban J connectivity index is 1.24. The molecule has 4 aliphatic carbocycles. The number of nitrogens with zero attached hydrogens (tertiary/aromatic N) is 4. The maximum atomic E-state index is 15.5. The Hall–Kier alpha value is -2.73. The van der Waals surface area contributed by atoms with Crippen LogP contribution < -0.4 is 5.32 Å². The molecule has 0 radical (unpaired) electrons. The highest BCUT2D eigenvalue weighted by molar-refractivity contribution is 5.73. The van der Waals surface area contributed by atoms with E-state index in [1.54, 1.807) is 12.3 Å². The largest absolute Gasteiger partial charge is 0.481 e. The van der Waals surface area contributed by atoms with Crippen molar-refractivity contribution < 1.29 is 28.5 Å². The van der Waals surface area contributed by atoms with Gasteiger partial charge in [0.15, 0.2) is 11.6 Å². The molecule has 11 atom stereocenters. The number of rotatable bonds is 9. The second-order valence-electron chi connectivity index (χ2n) is 19.9. The van der Waals surface area contributed by atoms with Gasteiger partial charge in [0.1, 0.15) is 6.33 Å². The summed E-state index contributed by atoms with van der Waals surface area (Å²) in [4.78, 5) is 22.3. The number of carboxylic acids is 1. The van der Waals surface area contributed by atoms with Gasteiger partial charge in [-0.05, 0) is 104 Å². The van der Waals surface area contributed by atoms with E-state index >= 15 is 4.39 Å². The summed E-state index contributed by atoms with van der Waals surface area (Å²) in [5.74, 6) is 0.142. The number of aliphatic carboxylic acids is 1. The molecular formula is C44H64FN5O5. The summed E-state index contributed by atoms with van der Waals surface area (Å²) >= 11 is 0. The lowest BCUT2D eigenvalue weighted by atomic mass is 9.34. The van der Waals surface area contributed by atoms with Crippen molar-refractivity contribution in [2.75, 3.05) is 40.1 Å². The third-order valence-corrected chi connectivity index (χ3v) is 17.5. The highest BCUT2D eigenvalue weighted by Gasteiger charge is 2.72. The van der Waals surface area contributed by atoms with Crippen LogP contribution in [0, 0.1) is 62.5 Å². The van der Waals surface area contributed by atoms with Gasteiger partial charge in [-0.3, -0.25) is 9.78 Å². The Bertz CT molecular complexity index is 1810. The van der Waals surface area contributed by atoms with Crippen LogP contribution in [0.3, 0.4) is 0 Å². The summed E-state index contributed by atoms with van der Waals surface area (Å²) < 4.78 is 37.3. The number of hydrogen-bond donors (Lipinski definition) is 2. The van der Waals surface area contributed by atoms with E-state index in [2.05, 4.69) is 69.8 Å². The van der Waals surface area contributed by atoms with Crippen molar-refractivity contribution in [2.24, 2.45) is 56.7 Å². The smallest absolute Gasteiger partial charge is 0.307 e. The van der Waals surface area contributed by atoms with Gasteiger partial charge in [-0.1, -0.05) is 60.1 Å². The zero-order valence-corrected chi connectivity index (χ0v) is 34.4. The van der Waals surface area contributed by atoms with Crippen molar-refractivity contribution in [3.8, 4) is 11.4 Å². The standard InChI is InChI=1S/C44H64FN5O5/c1-27(2)28(3)39(4)14-15-41(6)30-9-10-34-40(5)23-54-25-44(34,31(30)11-13-42(41,7)35(39)38(51)52)21-33(36(40)55-24-43(46-8)16-19-53-20-17-43)50-37(48-26-49-50)29-12-18-47-22-32(29)45/h11-12,18,22,26-28,30,33-36,46H,9-10,13-17,19-21,23-25H2,1-8H3,(H,51,52)/t28-,30+,33-,34+,35-,36+,39-,40+,41-,42+,44?/m1/s1. The fraction of sp³-hybridized carbons (Fsp3) is 0.773. The molecule has 3 saturated carbocycles. The molecule has 10 nitrogen and oxygen atoms in total. The predicted octanol–water partition coefficient (Wildman–Crippen LogP) is 7.76. The van der Waals surface area contributed by atoms with E-state index in [9.17, 15) is 9.90 Å². The summed E-state index contributed by atoms with van der Waals surface area (Å²) in [6.45, 7) is 19.2. The van der Waals surface area contributed by atoms with E-state index in [1.807, 2.05) is 11.7 Å². The fourth-order valence-electron chi connectivity index (χ4n) is 13.8. The molecule has 8 rings (SSSR count). The van der Waals surface area contributed by atoms with Gasteiger partial charge in [0.25, 0.3) is 0 Å². The molecule has 11 heteroatoms. The quantitative estimate of drug-likeness (QED) is 0.247. The highest BCUT2D eigenvalue weighted by atomic mass is 19.1. The van der Waals surface area contributed by atoms with Crippen LogP contribution >= 0.6 is 0 Å². The first-order valence-electron chi connectivity index (χ1n) is 21.0. The van der Waals surface area contributed by atoms with Crippen LogP contribution in [-0.4, -0.2) is 82.5 Å². The normalized spacial score (nSPS) is 41.4. The summed E-state index contributed by atoms with van der Waals surface area (Å²) in [6, 6.07) is 1.43. The number of pyridine rings is 1. The van der Waals surface area contributed by atoms with Crippen molar-refractivity contribution in [1.29, 1.82) is 0 Å². The number of halogens is 1. The molecule has 1 unspecified atom stereocenters. The molecule has 302 valence electrons. The van der Waals surface area contributed by atoms with E-state index < -0.39 is 23.1 Å². The summed E-state index contributed by atoms with van der Waals surface area (Å²) in [7, 11) is 2.02. The molecular weight excluding hydrogens is 698 g/mol. The lowest BCUT2D eigenvalue weighted by molar-refractivity contribution is -0.253. The number of ether oxygens (including phenoxy) is 3. The fourth-order valence-corrected chi connectivity index (χ4v) is 13.8. The Labute approximate surface area is 326 Å². The van der Waals surface area contributed by atoms with Gasteiger partial charge in [0, 0.05) is 35.8 Å². The lowest BCUT2D eigenvalue weighted by Crippen LogP contribution is -2.69. The van der Waals surface area contributed by atoms with Crippen LogP contribution in [0.25, 0.3) is 11.4 Å². The first-order valence-corrected chi connectivity index (χ1v) is 21.0. The molecule has 2 saturated heterocycles. The number of hydrogen-bond acceptors (Lipinski definition) is 8. The van der Waals surface area contributed by atoms with Gasteiger partial charge in [-0.25, -0.2) is 14.1 Å². The molecule has 2 aromatic heterocycles. The Kier molecular flexibility index (Phi) is 9.74. The molecule has 2 aromatic rings. The molecule has 6 aliphatic rings. The second kappa shape index (κ2) is 13.7. The molecule has 2 N–H and O–H groups in total. The van der Waals surface area contributed by atoms with Crippen LogP contribution in [-0.2, 0) is 19.0 Å². The molecule has 0 spiro atoms. The van der Waals surface area contributed by atoms with E-state index in [1.165, 1.54) is 18.1 Å². The lowest BCUT2D eigenvalue weighted by Gasteiger charge is -2.71. The first kappa shape index (κ1) is 39.1. The third-order valence-electron chi connectivity index (χ3n) is 17.5. The maximum absolute atomic E-state index is 15.5. The first-order chi connectivity index (χ1) is 26.1. The number of aromatic nitrogens is 4. The molecule has 55 heavy (non-hydrogen) atoms. The zero-order valence-electron chi connectivity index (χ0n) is 34.4. The SMILES string of the molecule is CNC1(CO[C@H]2[C@H](n3ncnc3-c3ccncc3F)CC34COC[C@@]2(C)[C@@H]3CC[C@H]2C4=CC[C@@]3(C)[C@H](C(=O)O)[C@@](C)([C@H](C)C(C)C)CC[C@]23C)CCOCC1. The molecule has 2 bridgehead atoms. The number of carboxylic acid groups (broad SMARTS) is 1. The van der Waals surface area contributed by atoms with Crippen LogP contribution in [0.1, 0.15) is 106 Å². The van der Waals surface area contributed by atoms with Crippen molar-refractivity contribution >= 4 is 5.97 Å². The van der Waals surface area contributed by atoms with Crippen LogP contribution in [0.4, 0.5) is 4.39 Å². The monoisotopic (exact) mass is 761 g/mol. The van der Waals surface area contributed by atoms with E-state index in [4.69, 9.17) is 19.3 Å². The number of nitrogens with one attached hydrogen (secondary N) is 1. The van der Waals surface area contributed by atoms with Gasteiger partial charge in [-0.15, -0.1) is 0 Å². The van der Waals surface area contributed by atoms with Crippen LogP contribution in [0.5, 0.6) is 0 Å². The third kappa shape index (κ3) is 5.59. The Morgan fingerprint density at radius 3 is 2.53 bits per heavy atom. The number of allylic oxidation sites excluding steroid dienone is 1. The van der Waals surface area contributed by atoms with Crippen molar-refractivity contribution in [3.05, 3.63) is 42.3 Å². The van der Waals surface area contributed by atoms with Gasteiger partial charge in [-0.2, -0.15) is 5.10 Å². The summed E-state index contributed by atoms with van der Waals surface area (Å²) in [5, 5.41) is 19.6. The van der Waals surface area contributed by atoms with Crippen LogP contribution in [0.15, 0.2) is 36.4 Å². The molecule has 5 fully saturated rings. The van der Waals surface area contributed by atoms with Gasteiger partial charge < -0.3 is 24.6 Å². The highest BCUT2D eigenvalue weighted by Crippen LogP contribution is 2.75. The zero-order chi connectivity index (χ0) is 39.2. The van der Waals surface area contributed by atoms with Crippen molar-refractivity contribution in [3.63, 3.8) is 0 Å². The van der Waals surface area contributed by atoms with E-state index in [0.717, 1.165) is 51.4 Å². The minimum atomic E-state index is -0.649. The molecule has 4 heterocycles. The van der Waals surface area contributed by atoms with Gasteiger partial charge in [0.05, 0.1) is 49.6 Å². The number of fused-ring (bicyclic) bond motifs is 3. The molecule has 2 aliphatic heterocycles. The van der Waals surface area contributed by atoms with Crippen molar-refractivity contribution in [1.82, 2.24) is 25.1 Å². The average Bonchev–Trinajstić information content (AvgIpc) is 3.64. The molecule has 0 aromatic carbocycles. The molecule has 0 amide bonds. The average molecular weight is 762 g/mol. The van der Waals surface area contributed by atoms with E-state index in [-0.39, 0.29) is 51.2 Å². The van der Waals surface area contributed by atoms with Crippen molar-refractivity contribution in [2.45, 2.75) is 118 Å².